The number of aromatic amines is 1. The molecule has 27 heavy (non-hydrogen) atoms. The Morgan fingerprint density at radius 3 is 2.74 bits per heavy atom. The highest BCUT2D eigenvalue weighted by atomic mass is 16.5. The van der Waals surface area contributed by atoms with Crippen LogP contribution in [0.15, 0.2) is 17.4 Å². The van der Waals surface area contributed by atoms with E-state index in [0.29, 0.717) is 24.1 Å². The molecule has 2 aromatic heterocycles. The Hall–Kier alpha value is -3.44. The number of fused-ring (bicyclic) bond motifs is 1. The molecule has 0 bridgehead atoms. The highest BCUT2D eigenvalue weighted by molar-refractivity contribution is 5.84. The topological polar surface area (TPSA) is 168 Å². The van der Waals surface area contributed by atoms with Gasteiger partial charge in [0.05, 0.1) is 19.3 Å². The largest absolute Gasteiger partial charge is 0.480 e. The van der Waals surface area contributed by atoms with Crippen molar-refractivity contribution in [1.82, 2.24) is 30.2 Å². The van der Waals surface area contributed by atoms with Gasteiger partial charge in [-0.25, -0.2) is 14.8 Å². The lowest BCUT2D eigenvalue weighted by Gasteiger charge is -2.07. The van der Waals surface area contributed by atoms with Crippen LogP contribution in [0.25, 0.3) is 11.2 Å². The Morgan fingerprint density at radius 2 is 1.96 bits per heavy atom. The van der Waals surface area contributed by atoms with Crippen molar-refractivity contribution in [3.63, 3.8) is 0 Å². The number of unbranched alkanes of at least 4 members (excludes halogenated alkanes) is 2. The Kier molecular flexibility index (Phi) is 7.28. The number of hydrogen-bond donors (Lipinski definition) is 4. The second kappa shape index (κ2) is 9.89. The van der Waals surface area contributed by atoms with Crippen LogP contribution in [0.1, 0.15) is 19.3 Å². The number of nitrogens with one attached hydrogen (secondary N) is 3. The van der Waals surface area contributed by atoms with Crippen LogP contribution in [-0.4, -0.2) is 62.3 Å². The normalized spacial score (nSPS) is 10.5. The van der Waals surface area contributed by atoms with E-state index in [1.54, 1.807) is 10.9 Å². The molecule has 12 heteroatoms. The third kappa shape index (κ3) is 6.41. The molecule has 0 aromatic carbocycles. The van der Waals surface area contributed by atoms with Gasteiger partial charge >= 0.3 is 12.1 Å². The molecule has 2 rings (SSSR count). The van der Waals surface area contributed by atoms with E-state index in [-0.39, 0.29) is 18.7 Å². The van der Waals surface area contributed by atoms with Gasteiger partial charge in [0.1, 0.15) is 13.1 Å². The summed E-state index contributed by atoms with van der Waals surface area (Å²) in [6.45, 7) is -0.0499. The number of imidazole rings is 1. The molecule has 4 N–H and O–H groups in total. The lowest BCUT2D eigenvalue weighted by Crippen LogP contribution is -2.39. The predicted molar refractivity (Wildman–Crippen MR) is 92.0 cm³/mol. The standard InChI is InChI=1S/C15H20N6O6/c22-10(16-7-11(23)24)6-17-15(26)27-5-3-1-2-4-21-9-20-12-13(21)18-8-19-14(12)25/h8-9H,1-7H2,(H,16,22)(H,17,26)(H,23,24)(H,18,19,25). The molecular weight excluding hydrogens is 360 g/mol. The minimum absolute atomic E-state index is 0.186. The molecule has 146 valence electrons. The summed E-state index contributed by atoms with van der Waals surface area (Å²) in [5.41, 5.74) is 0.537. The minimum Gasteiger partial charge on any atom is -0.480 e. The first-order valence-corrected chi connectivity index (χ1v) is 8.25. The number of aromatic nitrogens is 4. The van der Waals surface area contributed by atoms with Crippen LogP contribution in [0.4, 0.5) is 4.79 Å². The maximum absolute atomic E-state index is 11.6. The van der Waals surface area contributed by atoms with Gasteiger partial charge in [-0.05, 0) is 19.3 Å². The van der Waals surface area contributed by atoms with Crippen molar-refractivity contribution in [2.45, 2.75) is 25.8 Å². The van der Waals surface area contributed by atoms with Gasteiger partial charge in [-0.15, -0.1) is 0 Å². The lowest BCUT2D eigenvalue weighted by atomic mass is 10.2. The molecule has 0 aliphatic rings. The molecule has 0 fully saturated rings. The zero-order valence-corrected chi connectivity index (χ0v) is 14.4. The second-order valence-electron chi connectivity index (χ2n) is 5.56. The zero-order chi connectivity index (χ0) is 19.6. The first-order valence-electron chi connectivity index (χ1n) is 8.25. The number of hydrogen-bond acceptors (Lipinski definition) is 7. The molecule has 0 saturated heterocycles. The number of carbonyl (C=O) groups excluding carboxylic acids is 2. The van der Waals surface area contributed by atoms with Crippen LogP contribution >= 0.6 is 0 Å². The summed E-state index contributed by atoms with van der Waals surface area (Å²) < 4.78 is 6.70. The van der Waals surface area contributed by atoms with Crippen molar-refractivity contribution < 1.29 is 24.2 Å². The zero-order valence-electron chi connectivity index (χ0n) is 14.4. The molecule has 2 amide bonds. The Bertz CT molecular complexity index is 860. The summed E-state index contributed by atoms with van der Waals surface area (Å²) in [6.07, 6.45) is 4.32. The molecule has 12 nitrogen and oxygen atoms in total. The van der Waals surface area contributed by atoms with Crippen LogP contribution < -0.4 is 16.2 Å². The number of nitrogens with zero attached hydrogens (tertiary/aromatic N) is 3. The van der Waals surface area contributed by atoms with E-state index < -0.39 is 24.5 Å². The van der Waals surface area contributed by atoms with Crippen molar-refractivity contribution in [3.8, 4) is 0 Å². The monoisotopic (exact) mass is 380 g/mol. The third-order valence-corrected chi connectivity index (χ3v) is 3.51. The fourth-order valence-corrected chi connectivity index (χ4v) is 2.22. The quantitative estimate of drug-likeness (QED) is 0.389. The van der Waals surface area contributed by atoms with Gasteiger partial charge in [0.15, 0.2) is 11.2 Å². The van der Waals surface area contributed by atoms with E-state index >= 15 is 0 Å². The average Bonchev–Trinajstić information content (AvgIpc) is 3.05. The number of ether oxygens (including phenoxy) is 1. The number of carboxylic acid groups (broad SMARTS) is 1. The maximum atomic E-state index is 11.6. The highest BCUT2D eigenvalue weighted by Gasteiger charge is 2.08. The summed E-state index contributed by atoms with van der Waals surface area (Å²) in [4.78, 5) is 55.0. The predicted octanol–water partition coefficient (Wildman–Crippen LogP) is -0.783. The third-order valence-electron chi connectivity index (χ3n) is 3.51. The van der Waals surface area contributed by atoms with E-state index in [0.717, 1.165) is 12.8 Å². The summed E-state index contributed by atoms with van der Waals surface area (Å²) in [5, 5.41) is 12.7. The number of carbonyl (C=O) groups is 3. The summed E-state index contributed by atoms with van der Waals surface area (Å²) in [6, 6.07) is 0. The molecule has 0 atom stereocenters. The van der Waals surface area contributed by atoms with Crippen molar-refractivity contribution in [1.29, 1.82) is 0 Å². The first-order chi connectivity index (χ1) is 13.0. The van der Waals surface area contributed by atoms with Crippen molar-refractivity contribution in [2.75, 3.05) is 19.7 Å². The second-order valence-corrected chi connectivity index (χ2v) is 5.56. The van der Waals surface area contributed by atoms with Crippen molar-refractivity contribution in [3.05, 3.63) is 23.0 Å². The number of aliphatic carboxylic acids is 1. The first kappa shape index (κ1) is 19.9. The molecule has 0 unspecified atom stereocenters. The molecule has 2 aromatic rings. The van der Waals surface area contributed by atoms with Gasteiger partial charge < -0.3 is 30.0 Å². The van der Waals surface area contributed by atoms with Gasteiger partial charge in [-0.1, -0.05) is 0 Å². The van der Waals surface area contributed by atoms with Crippen molar-refractivity contribution >= 4 is 29.1 Å². The minimum atomic E-state index is -1.17. The Morgan fingerprint density at radius 1 is 1.15 bits per heavy atom. The molecule has 0 aliphatic carbocycles. The fourth-order valence-electron chi connectivity index (χ4n) is 2.22. The highest BCUT2D eigenvalue weighted by Crippen LogP contribution is 2.07. The van der Waals surface area contributed by atoms with E-state index in [1.807, 2.05) is 0 Å². The number of rotatable bonds is 10. The number of alkyl carbamates (subject to hydrolysis) is 1. The van der Waals surface area contributed by atoms with Gasteiger partial charge in [-0.3, -0.25) is 14.4 Å². The van der Waals surface area contributed by atoms with E-state index in [4.69, 9.17) is 9.84 Å². The van der Waals surface area contributed by atoms with Gasteiger partial charge in [0, 0.05) is 6.54 Å². The van der Waals surface area contributed by atoms with Crippen LogP contribution in [0.2, 0.25) is 0 Å². The summed E-state index contributed by atoms with van der Waals surface area (Å²) >= 11 is 0. The number of carboxylic acids is 1. The lowest BCUT2D eigenvalue weighted by molar-refractivity contribution is -0.137. The Balaban J connectivity index is 1.57. The summed E-state index contributed by atoms with van der Waals surface area (Å²) in [5.74, 6) is -1.79. The average molecular weight is 380 g/mol. The van der Waals surface area contributed by atoms with E-state index in [2.05, 4.69) is 25.6 Å². The number of H-pyrrole nitrogens is 1. The molecular formula is C15H20N6O6. The fraction of sp³-hybridized carbons (Fsp3) is 0.467. The smallest absolute Gasteiger partial charge is 0.407 e. The molecule has 0 saturated carbocycles. The molecule has 2 heterocycles. The van der Waals surface area contributed by atoms with Crippen LogP contribution in [0, 0.1) is 0 Å². The van der Waals surface area contributed by atoms with Crippen molar-refractivity contribution in [2.24, 2.45) is 0 Å². The SMILES string of the molecule is O=C(O)CNC(=O)CNC(=O)OCCCCCn1cnc2c(=O)[nH]cnc21. The van der Waals surface area contributed by atoms with Crippen LogP contribution in [0.5, 0.6) is 0 Å². The van der Waals surface area contributed by atoms with Gasteiger partial charge in [-0.2, -0.15) is 0 Å². The van der Waals surface area contributed by atoms with Gasteiger partial charge in [0.2, 0.25) is 5.91 Å². The molecule has 0 aliphatic heterocycles. The van der Waals surface area contributed by atoms with E-state index in [1.165, 1.54) is 6.33 Å². The summed E-state index contributed by atoms with van der Waals surface area (Å²) in [7, 11) is 0. The molecule has 0 radical (unpaired) electrons. The Labute approximate surface area is 152 Å². The maximum Gasteiger partial charge on any atom is 0.407 e. The van der Waals surface area contributed by atoms with E-state index in [9.17, 15) is 19.2 Å². The van der Waals surface area contributed by atoms with Gasteiger partial charge in [0.25, 0.3) is 5.56 Å². The number of aryl methyl sites for hydroxylation is 1. The number of amides is 2. The van der Waals surface area contributed by atoms with Crippen LogP contribution in [0.3, 0.4) is 0 Å². The molecule has 0 spiro atoms. The van der Waals surface area contributed by atoms with Crippen LogP contribution in [-0.2, 0) is 20.9 Å².